The quantitative estimate of drug-likeness (QED) is 0.308. The van der Waals surface area contributed by atoms with Gasteiger partial charge < -0.3 is 19.3 Å². The summed E-state index contributed by atoms with van der Waals surface area (Å²) in [6.45, 7) is 6.39. The van der Waals surface area contributed by atoms with E-state index in [0.717, 1.165) is 4.90 Å². The Morgan fingerprint density at radius 2 is 2.06 bits per heavy atom. The summed E-state index contributed by atoms with van der Waals surface area (Å²) >= 11 is 0. The third-order valence-electron chi connectivity index (χ3n) is 4.79. The van der Waals surface area contributed by atoms with E-state index in [1.165, 1.54) is 12.1 Å². The number of amides is 2. The SMILES string of the molecule is C=C(/C=C\C=C/C)[C@H]1COC(=O)N1C(=O)[C@@H](N=[N+]=[N-])[C@H](O)c1ccc2c(c1)OCCO2. The average molecular weight is 426 g/mol. The first kappa shape index (κ1) is 21.9. The topological polar surface area (TPSA) is 134 Å². The molecule has 10 heteroatoms. The second-order valence-corrected chi connectivity index (χ2v) is 6.76. The van der Waals surface area contributed by atoms with Crippen molar-refractivity contribution < 1.29 is 28.9 Å². The predicted octanol–water partition coefficient (Wildman–Crippen LogP) is 3.21. The molecular weight excluding hydrogens is 404 g/mol. The number of azide groups is 1. The average Bonchev–Trinajstić information content (AvgIpc) is 3.17. The third kappa shape index (κ3) is 4.71. The second kappa shape index (κ2) is 9.84. The van der Waals surface area contributed by atoms with Crippen LogP contribution in [-0.4, -0.2) is 53.9 Å². The van der Waals surface area contributed by atoms with Crippen molar-refractivity contribution in [3.63, 3.8) is 0 Å². The van der Waals surface area contributed by atoms with Crippen molar-refractivity contribution in [2.24, 2.45) is 5.11 Å². The van der Waals surface area contributed by atoms with Crippen LogP contribution in [0.2, 0.25) is 0 Å². The van der Waals surface area contributed by atoms with Crippen LogP contribution in [0.3, 0.4) is 0 Å². The normalized spacial score (nSPS) is 19.7. The van der Waals surface area contributed by atoms with Gasteiger partial charge in [-0.05, 0) is 35.7 Å². The highest BCUT2D eigenvalue weighted by Gasteiger charge is 2.43. The molecule has 2 heterocycles. The van der Waals surface area contributed by atoms with E-state index in [-0.39, 0.29) is 12.2 Å². The molecule has 2 amide bonds. The number of aliphatic hydroxyl groups excluding tert-OH is 1. The summed E-state index contributed by atoms with van der Waals surface area (Å²) in [4.78, 5) is 28.9. The van der Waals surface area contributed by atoms with E-state index < -0.39 is 30.2 Å². The van der Waals surface area contributed by atoms with E-state index in [0.29, 0.717) is 30.3 Å². The lowest BCUT2D eigenvalue weighted by Crippen LogP contribution is -2.46. The molecule has 0 spiro atoms. The van der Waals surface area contributed by atoms with E-state index >= 15 is 0 Å². The summed E-state index contributed by atoms with van der Waals surface area (Å²) < 4.78 is 16.0. The fraction of sp³-hybridized carbons (Fsp3) is 0.333. The van der Waals surface area contributed by atoms with Crippen LogP contribution in [0.4, 0.5) is 4.79 Å². The van der Waals surface area contributed by atoms with Gasteiger partial charge in [-0.15, -0.1) is 0 Å². The number of benzene rings is 1. The molecule has 10 nitrogen and oxygen atoms in total. The van der Waals surface area contributed by atoms with Crippen LogP contribution < -0.4 is 9.47 Å². The minimum atomic E-state index is -1.60. The third-order valence-corrected chi connectivity index (χ3v) is 4.79. The molecule has 0 bridgehead atoms. The van der Waals surface area contributed by atoms with Gasteiger partial charge in [0.15, 0.2) is 11.5 Å². The van der Waals surface area contributed by atoms with Gasteiger partial charge in [-0.3, -0.25) is 4.79 Å². The van der Waals surface area contributed by atoms with Crippen molar-refractivity contribution in [2.45, 2.75) is 25.1 Å². The Hall–Kier alpha value is -3.75. The molecule has 2 aliphatic rings. The van der Waals surface area contributed by atoms with Crippen LogP contribution in [0.15, 0.2) is 59.8 Å². The standard InChI is InChI=1S/C21H22N4O6/c1-3-4-5-6-13(2)15-12-31-21(28)25(15)20(27)18(23-24-22)19(26)14-7-8-16-17(11-14)30-10-9-29-16/h3-8,11,15,18-19,26H,2,9-10,12H2,1H3/b4-3-,6-5-/t15-,18+,19-/m1/s1. The highest BCUT2D eigenvalue weighted by Crippen LogP contribution is 2.34. The maximum absolute atomic E-state index is 13.2. The number of rotatable bonds is 7. The van der Waals surface area contributed by atoms with E-state index in [9.17, 15) is 14.7 Å². The Labute approximate surface area is 178 Å². The second-order valence-electron chi connectivity index (χ2n) is 6.76. The van der Waals surface area contributed by atoms with Gasteiger partial charge in [0.05, 0.1) is 6.10 Å². The molecule has 162 valence electrons. The number of hydrogen-bond donors (Lipinski definition) is 1. The van der Waals surface area contributed by atoms with Crippen molar-refractivity contribution >= 4 is 12.0 Å². The molecule has 1 N–H and O–H groups in total. The molecule has 2 aliphatic heterocycles. The zero-order valence-corrected chi connectivity index (χ0v) is 16.9. The Kier molecular flexibility index (Phi) is 6.96. The summed E-state index contributed by atoms with van der Waals surface area (Å²) in [5.41, 5.74) is 9.70. The van der Waals surface area contributed by atoms with Crippen molar-refractivity contribution in [2.75, 3.05) is 19.8 Å². The molecule has 3 rings (SSSR count). The van der Waals surface area contributed by atoms with Crippen LogP contribution >= 0.6 is 0 Å². The maximum atomic E-state index is 13.2. The Morgan fingerprint density at radius 1 is 1.32 bits per heavy atom. The van der Waals surface area contributed by atoms with Gasteiger partial charge in [0.2, 0.25) is 5.91 Å². The van der Waals surface area contributed by atoms with Gasteiger partial charge in [0.1, 0.15) is 31.9 Å². The molecule has 0 radical (unpaired) electrons. The van der Waals surface area contributed by atoms with Gasteiger partial charge in [0, 0.05) is 4.91 Å². The van der Waals surface area contributed by atoms with E-state index in [4.69, 9.17) is 19.7 Å². The molecule has 0 aromatic heterocycles. The zero-order chi connectivity index (χ0) is 22.4. The summed E-state index contributed by atoms with van der Waals surface area (Å²) in [6, 6.07) is 2.23. The number of aliphatic hydroxyl groups is 1. The number of nitrogens with zero attached hydrogens (tertiary/aromatic N) is 4. The van der Waals surface area contributed by atoms with Gasteiger partial charge in [-0.1, -0.05) is 42.1 Å². The summed E-state index contributed by atoms with van der Waals surface area (Å²) in [7, 11) is 0. The van der Waals surface area contributed by atoms with Gasteiger partial charge >= 0.3 is 6.09 Å². The molecule has 31 heavy (non-hydrogen) atoms. The van der Waals surface area contributed by atoms with Crippen molar-refractivity contribution in [3.05, 3.63) is 70.7 Å². The number of carbonyl (C=O) groups is 2. The van der Waals surface area contributed by atoms with Crippen LogP contribution in [0.25, 0.3) is 10.4 Å². The molecule has 1 fully saturated rings. The first-order valence-electron chi connectivity index (χ1n) is 9.57. The number of ether oxygens (including phenoxy) is 3. The lowest BCUT2D eigenvalue weighted by molar-refractivity contribution is -0.132. The maximum Gasteiger partial charge on any atom is 0.417 e. The fourth-order valence-electron chi connectivity index (χ4n) is 3.21. The first-order valence-corrected chi connectivity index (χ1v) is 9.57. The molecule has 1 aromatic rings. The molecule has 3 atom stereocenters. The van der Waals surface area contributed by atoms with Crippen molar-refractivity contribution in [3.8, 4) is 11.5 Å². The summed E-state index contributed by atoms with van der Waals surface area (Å²) in [5.74, 6) is 0.00502. The van der Waals surface area contributed by atoms with E-state index in [1.807, 2.05) is 13.0 Å². The molecule has 0 aliphatic carbocycles. The number of carbonyl (C=O) groups excluding carboxylic acids is 2. The Balaban J connectivity index is 1.87. The number of imide groups is 1. The molecule has 1 saturated heterocycles. The molecule has 1 aromatic carbocycles. The Bertz CT molecular complexity index is 982. The largest absolute Gasteiger partial charge is 0.486 e. The number of cyclic esters (lactones) is 1. The van der Waals surface area contributed by atoms with Gasteiger partial charge in [0.25, 0.3) is 0 Å². The first-order chi connectivity index (χ1) is 15.0. The monoisotopic (exact) mass is 426 g/mol. The van der Waals surface area contributed by atoms with Crippen LogP contribution in [-0.2, 0) is 9.53 Å². The van der Waals surface area contributed by atoms with Crippen molar-refractivity contribution in [1.29, 1.82) is 0 Å². The van der Waals surface area contributed by atoms with Gasteiger partial charge in [-0.25, -0.2) is 9.69 Å². The number of hydrogen-bond acceptors (Lipinski definition) is 7. The van der Waals surface area contributed by atoms with Crippen LogP contribution in [0.1, 0.15) is 18.6 Å². The van der Waals surface area contributed by atoms with Gasteiger partial charge in [-0.2, -0.15) is 0 Å². The highest BCUT2D eigenvalue weighted by molar-refractivity contribution is 5.97. The number of fused-ring (bicyclic) bond motifs is 1. The lowest BCUT2D eigenvalue weighted by Gasteiger charge is -2.26. The zero-order valence-electron chi connectivity index (χ0n) is 16.9. The fourth-order valence-corrected chi connectivity index (χ4v) is 3.21. The smallest absolute Gasteiger partial charge is 0.417 e. The summed E-state index contributed by atoms with van der Waals surface area (Å²) in [5, 5.41) is 14.3. The minimum absolute atomic E-state index is 0.0906. The molecule has 0 saturated carbocycles. The summed E-state index contributed by atoms with van der Waals surface area (Å²) in [6.07, 6.45) is 4.51. The highest BCUT2D eigenvalue weighted by atomic mass is 16.6. The Morgan fingerprint density at radius 3 is 2.77 bits per heavy atom. The van der Waals surface area contributed by atoms with E-state index in [2.05, 4.69) is 16.6 Å². The predicted molar refractivity (Wildman–Crippen MR) is 110 cm³/mol. The minimum Gasteiger partial charge on any atom is -0.486 e. The van der Waals surface area contributed by atoms with E-state index in [1.54, 1.807) is 24.3 Å². The lowest BCUT2D eigenvalue weighted by atomic mass is 9.99. The van der Waals surface area contributed by atoms with Crippen molar-refractivity contribution in [1.82, 2.24) is 4.90 Å². The number of allylic oxidation sites excluding steroid dienone is 3. The van der Waals surface area contributed by atoms with Crippen LogP contribution in [0, 0.1) is 0 Å². The molecule has 0 unspecified atom stereocenters. The van der Waals surface area contributed by atoms with Crippen LogP contribution in [0.5, 0.6) is 11.5 Å². The molecular formula is C21H22N4O6.